The summed E-state index contributed by atoms with van der Waals surface area (Å²) in [6.45, 7) is 2.88. The maximum absolute atomic E-state index is 12.5. The Morgan fingerprint density at radius 3 is 2.88 bits per heavy atom. The van der Waals surface area contributed by atoms with Crippen LogP contribution < -0.4 is 10.6 Å². The maximum Gasteiger partial charge on any atom is 0.324 e. The van der Waals surface area contributed by atoms with Gasteiger partial charge in [0, 0.05) is 23.8 Å². The third-order valence-corrected chi connectivity index (χ3v) is 5.12. The molecule has 0 aliphatic carbocycles. The Hall–Kier alpha value is -2.00. The van der Waals surface area contributed by atoms with E-state index in [-0.39, 0.29) is 30.3 Å². The van der Waals surface area contributed by atoms with Crippen LogP contribution in [0.5, 0.6) is 0 Å². The van der Waals surface area contributed by atoms with Gasteiger partial charge in [0.1, 0.15) is 5.82 Å². The molecule has 1 atom stereocenters. The third-order valence-electron chi connectivity index (χ3n) is 4.65. The van der Waals surface area contributed by atoms with Crippen LogP contribution in [0.1, 0.15) is 19.3 Å². The molecule has 1 unspecified atom stereocenters. The van der Waals surface area contributed by atoms with E-state index in [4.69, 9.17) is 0 Å². The first-order chi connectivity index (χ1) is 12.5. The number of hydrogen-bond acceptors (Lipinski definition) is 5. The highest BCUT2D eigenvalue weighted by Crippen LogP contribution is 2.19. The van der Waals surface area contributed by atoms with Crippen molar-refractivity contribution in [2.75, 3.05) is 38.0 Å². The number of nitrogens with zero attached hydrogens (tertiary/aromatic N) is 3. The van der Waals surface area contributed by atoms with Crippen LogP contribution in [0.25, 0.3) is 0 Å². The SMILES string of the molecule is O=C(Nc1ccc(Br)cn1)C1CCCN(CCCN2C(=O)CNC2=O)C1. The van der Waals surface area contributed by atoms with E-state index >= 15 is 0 Å². The summed E-state index contributed by atoms with van der Waals surface area (Å²) in [5, 5.41) is 5.39. The number of anilines is 1. The van der Waals surface area contributed by atoms with E-state index in [0.717, 1.165) is 30.4 Å². The van der Waals surface area contributed by atoms with Crippen LogP contribution in [0.3, 0.4) is 0 Å². The predicted octanol–water partition coefficient (Wildman–Crippen LogP) is 1.44. The summed E-state index contributed by atoms with van der Waals surface area (Å²) >= 11 is 3.32. The third kappa shape index (κ3) is 4.79. The zero-order valence-corrected chi connectivity index (χ0v) is 16.0. The van der Waals surface area contributed by atoms with Crippen molar-refractivity contribution in [3.63, 3.8) is 0 Å². The van der Waals surface area contributed by atoms with Crippen molar-refractivity contribution >= 4 is 39.6 Å². The van der Waals surface area contributed by atoms with Gasteiger partial charge < -0.3 is 15.5 Å². The van der Waals surface area contributed by atoms with E-state index in [1.165, 1.54) is 4.90 Å². The minimum absolute atomic E-state index is 0.0152. The first kappa shape index (κ1) is 18.8. The van der Waals surface area contributed by atoms with Gasteiger partial charge in [0.2, 0.25) is 11.8 Å². The monoisotopic (exact) mass is 423 g/mol. The Balaban J connectivity index is 1.44. The van der Waals surface area contributed by atoms with Crippen molar-refractivity contribution in [1.82, 2.24) is 20.1 Å². The molecule has 26 heavy (non-hydrogen) atoms. The van der Waals surface area contributed by atoms with Gasteiger partial charge >= 0.3 is 6.03 Å². The lowest BCUT2D eigenvalue weighted by Crippen LogP contribution is -2.42. The molecule has 8 nitrogen and oxygen atoms in total. The van der Waals surface area contributed by atoms with Gasteiger partial charge in [-0.25, -0.2) is 9.78 Å². The zero-order chi connectivity index (χ0) is 18.5. The Kier molecular flexibility index (Phi) is 6.20. The number of carbonyl (C=O) groups excluding carboxylic acids is 3. The molecule has 2 saturated heterocycles. The summed E-state index contributed by atoms with van der Waals surface area (Å²) in [6, 6.07) is 3.29. The molecule has 2 fully saturated rings. The minimum Gasteiger partial charge on any atom is -0.329 e. The molecule has 0 radical (unpaired) electrons. The highest BCUT2D eigenvalue weighted by atomic mass is 79.9. The van der Waals surface area contributed by atoms with E-state index in [2.05, 4.69) is 36.4 Å². The van der Waals surface area contributed by atoms with E-state index in [0.29, 0.717) is 25.3 Å². The van der Waals surface area contributed by atoms with Crippen molar-refractivity contribution in [3.8, 4) is 0 Å². The van der Waals surface area contributed by atoms with Crippen LogP contribution >= 0.6 is 15.9 Å². The number of rotatable bonds is 6. The number of amides is 4. The fraction of sp³-hybridized carbons (Fsp3) is 0.529. The number of piperidine rings is 1. The van der Waals surface area contributed by atoms with Gasteiger partial charge in [-0.3, -0.25) is 14.5 Å². The molecular weight excluding hydrogens is 402 g/mol. The quantitative estimate of drug-likeness (QED) is 0.674. The molecule has 1 aromatic heterocycles. The number of pyridine rings is 1. The highest BCUT2D eigenvalue weighted by molar-refractivity contribution is 9.10. The van der Waals surface area contributed by atoms with Gasteiger partial charge in [-0.15, -0.1) is 0 Å². The summed E-state index contributed by atoms with van der Waals surface area (Å²) in [6.07, 6.45) is 4.17. The molecule has 3 rings (SSSR count). The number of imide groups is 1. The molecule has 2 aliphatic rings. The topological polar surface area (TPSA) is 94.6 Å². The number of urea groups is 1. The highest BCUT2D eigenvalue weighted by Gasteiger charge is 2.29. The summed E-state index contributed by atoms with van der Waals surface area (Å²) in [5.41, 5.74) is 0. The van der Waals surface area contributed by atoms with Crippen LogP contribution in [0.15, 0.2) is 22.8 Å². The number of nitrogens with one attached hydrogen (secondary N) is 2. The summed E-state index contributed by atoms with van der Waals surface area (Å²) in [5.74, 6) is 0.284. The molecule has 140 valence electrons. The van der Waals surface area contributed by atoms with Gasteiger partial charge in [-0.05, 0) is 60.4 Å². The van der Waals surface area contributed by atoms with Gasteiger partial charge in [-0.1, -0.05) is 0 Å². The average Bonchev–Trinajstić information content (AvgIpc) is 2.96. The van der Waals surface area contributed by atoms with Crippen molar-refractivity contribution in [2.24, 2.45) is 5.92 Å². The van der Waals surface area contributed by atoms with Gasteiger partial charge in [0.25, 0.3) is 0 Å². The molecular formula is C17H22BrN5O3. The molecule has 0 bridgehead atoms. The summed E-state index contributed by atoms with van der Waals surface area (Å²) < 4.78 is 0.865. The Bertz CT molecular complexity index is 665. The normalized spacial score (nSPS) is 21.0. The average molecular weight is 424 g/mol. The van der Waals surface area contributed by atoms with Crippen LogP contribution in [-0.2, 0) is 9.59 Å². The lowest BCUT2D eigenvalue weighted by molar-refractivity contribution is -0.125. The second-order valence-electron chi connectivity index (χ2n) is 6.55. The number of halogens is 1. The van der Waals surface area contributed by atoms with Crippen molar-refractivity contribution in [2.45, 2.75) is 19.3 Å². The van der Waals surface area contributed by atoms with Gasteiger partial charge in [0.15, 0.2) is 0 Å². The predicted molar refractivity (Wildman–Crippen MR) is 99.5 cm³/mol. The Labute approximate surface area is 160 Å². The van der Waals surface area contributed by atoms with E-state index in [1.807, 2.05) is 6.07 Å². The van der Waals surface area contributed by atoms with Crippen LogP contribution in [0, 0.1) is 5.92 Å². The first-order valence-corrected chi connectivity index (χ1v) is 9.55. The van der Waals surface area contributed by atoms with Crippen molar-refractivity contribution < 1.29 is 14.4 Å². The zero-order valence-electron chi connectivity index (χ0n) is 14.4. The number of hydrogen-bond donors (Lipinski definition) is 2. The Morgan fingerprint density at radius 2 is 2.19 bits per heavy atom. The van der Waals surface area contributed by atoms with Crippen molar-refractivity contribution in [1.29, 1.82) is 0 Å². The van der Waals surface area contributed by atoms with Crippen LogP contribution in [-0.4, -0.2) is 65.4 Å². The molecule has 9 heteroatoms. The van der Waals surface area contributed by atoms with Gasteiger partial charge in [-0.2, -0.15) is 0 Å². The van der Waals surface area contributed by atoms with Crippen molar-refractivity contribution in [3.05, 3.63) is 22.8 Å². The van der Waals surface area contributed by atoms with E-state index < -0.39 is 0 Å². The smallest absolute Gasteiger partial charge is 0.324 e. The number of likely N-dealkylation sites (tertiary alicyclic amines) is 1. The Morgan fingerprint density at radius 1 is 1.35 bits per heavy atom. The summed E-state index contributed by atoms with van der Waals surface area (Å²) in [7, 11) is 0. The molecule has 3 heterocycles. The number of carbonyl (C=O) groups is 3. The second kappa shape index (κ2) is 8.59. The fourth-order valence-corrected chi connectivity index (χ4v) is 3.52. The van der Waals surface area contributed by atoms with E-state index in [9.17, 15) is 14.4 Å². The van der Waals surface area contributed by atoms with Crippen LogP contribution in [0.2, 0.25) is 0 Å². The molecule has 0 spiro atoms. The minimum atomic E-state index is -0.312. The molecule has 2 N–H and O–H groups in total. The van der Waals surface area contributed by atoms with E-state index in [1.54, 1.807) is 12.3 Å². The standard InChI is InChI=1S/C17H22BrN5O3/c18-13-4-5-14(19-9-13)21-16(25)12-3-1-6-22(11-12)7-2-8-23-15(24)10-20-17(23)26/h4-5,9,12H,1-3,6-8,10-11H2,(H,20,26)(H,19,21,25). The van der Waals surface area contributed by atoms with Gasteiger partial charge in [0.05, 0.1) is 12.5 Å². The second-order valence-corrected chi connectivity index (χ2v) is 7.46. The fourth-order valence-electron chi connectivity index (χ4n) is 3.28. The molecule has 0 saturated carbocycles. The molecule has 4 amide bonds. The number of aromatic nitrogens is 1. The largest absolute Gasteiger partial charge is 0.329 e. The molecule has 0 aromatic carbocycles. The van der Waals surface area contributed by atoms with Crippen LogP contribution in [0.4, 0.5) is 10.6 Å². The maximum atomic E-state index is 12.5. The first-order valence-electron chi connectivity index (χ1n) is 8.76. The molecule has 1 aromatic rings. The lowest BCUT2D eigenvalue weighted by atomic mass is 9.97. The molecule has 2 aliphatic heterocycles. The summed E-state index contributed by atoms with van der Waals surface area (Å²) in [4.78, 5) is 43.2. The lowest BCUT2D eigenvalue weighted by Gasteiger charge is -2.32.